The second-order valence-electron chi connectivity index (χ2n) is 4.47. The fourth-order valence-electron chi connectivity index (χ4n) is 1.71. The van der Waals surface area contributed by atoms with Crippen LogP contribution in [0.15, 0.2) is 0 Å². The quantitative estimate of drug-likeness (QED) is 0.686. The van der Waals surface area contributed by atoms with Gasteiger partial charge in [-0.05, 0) is 0 Å². The lowest BCUT2D eigenvalue weighted by atomic mass is 10.4. The Bertz CT molecular complexity index is 558. The van der Waals surface area contributed by atoms with Gasteiger partial charge in [-0.1, -0.05) is 0 Å². The van der Waals surface area contributed by atoms with E-state index in [0.29, 0.717) is 32.3 Å². The van der Waals surface area contributed by atoms with Crippen molar-refractivity contribution in [1.82, 2.24) is 15.0 Å². The molecule has 0 unspecified atom stereocenters. The number of nitrogen functional groups attached to an aromatic ring is 1. The SMILES string of the molecule is CS(=O)(=O)CCNc1nc(N)nc(N2CCOCC2)n1. The van der Waals surface area contributed by atoms with Crippen molar-refractivity contribution in [3.05, 3.63) is 0 Å². The van der Waals surface area contributed by atoms with Crippen molar-refractivity contribution in [2.75, 3.05) is 60.8 Å². The Morgan fingerprint density at radius 3 is 2.65 bits per heavy atom. The number of hydrogen-bond donors (Lipinski definition) is 2. The molecule has 0 aromatic carbocycles. The molecule has 1 aliphatic rings. The second-order valence-corrected chi connectivity index (χ2v) is 6.73. The topological polar surface area (TPSA) is 123 Å². The Morgan fingerprint density at radius 2 is 2.00 bits per heavy atom. The molecule has 112 valence electrons. The number of hydrogen-bond acceptors (Lipinski definition) is 9. The Kier molecular flexibility index (Phi) is 4.55. The Balaban J connectivity index is 2.04. The zero-order valence-corrected chi connectivity index (χ0v) is 12.1. The van der Waals surface area contributed by atoms with E-state index in [0.717, 1.165) is 0 Å². The van der Waals surface area contributed by atoms with Gasteiger partial charge in [-0.15, -0.1) is 0 Å². The van der Waals surface area contributed by atoms with Gasteiger partial charge in [0.2, 0.25) is 17.8 Å². The summed E-state index contributed by atoms with van der Waals surface area (Å²) in [6.07, 6.45) is 1.18. The van der Waals surface area contributed by atoms with Gasteiger partial charge in [0.25, 0.3) is 0 Å². The second kappa shape index (κ2) is 6.18. The Hall–Kier alpha value is -1.68. The molecule has 10 heteroatoms. The summed E-state index contributed by atoms with van der Waals surface area (Å²) in [4.78, 5) is 14.2. The van der Waals surface area contributed by atoms with E-state index in [1.807, 2.05) is 4.90 Å². The summed E-state index contributed by atoms with van der Waals surface area (Å²) in [6, 6.07) is 0. The van der Waals surface area contributed by atoms with E-state index in [-0.39, 0.29) is 24.2 Å². The summed E-state index contributed by atoms with van der Waals surface area (Å²) in [7, 11) is -3.03. The van der Waals surface area contributed by atoms with E-state index in [1.165, 1.54) is 6.26 Å². The van der Waals surface area contributed by atoms with Crippen LogP contribution in [0.4, 0.5) is 17.8 Å². The highest BCUT2D eigenvalue weighted by atomic mass is 32.2. The normalized spacial score (nSPS) is 16.1. The van der Waals surface area contributed by atoms with Gasteiger partial charge in [0.05, 0.1) is 19.0 Å². The Morgan fingerprint density at radius 1 is 1.30 bits per heavy atom. The van der Waals surface area contributed by atoms with E-state index in [9.17, 15) is 8.42 Å². The van der Waals surface area contributed by atoms with Crippen LogP contribution < -0.4 is 16.0 Å². The van der Waals surface area contributed by atoms with E-state index >= 15 is 0 Å². The molecular formula is C10H18N6O3S. The average molecular weight is 302 g/mol. The summed E-state index contributed by atoms with van der Waals surface area (Å²) in [5.41, 5.74) is 5.65. The number of ether oxygens (including phenoxy) is 1. The van der Waals surface area contributed by atoms with Gasteiger partial charge in [0, 0.05) is 25.9 Å². The maximum absolute atomic E-state index is 11.1. The molecule has 1 aliphatic heterocycles. The van der Waals surface area contributed by atoms with Crippen molar-refractivity contribution in [3.8, 4) is 0 Å². The van der Waals surface area contributed by atoms with Crippen LogP contribution in [0.3, 0.4) is 0 Å². The maximum Gasteiger partial charge on any atom is 0.232 e. The summed E-state index contributed by atoms with van der Waals surface area (Å²) >= 11 is 0. The minimum atomic E-state index is -3.03. The molecule has 1 aromatic rings. The third-order valence-electron chi connectivity index (χ3n) is 2.69. The molecule has 0 spiro atoms. The monoisotopic (exact) mass is 302 g/mol. The standard InChI is InChI=1S/C10H18N6O3S/c1-20(17,18)7-2-12-9-13-8(11)14-10(15-9)16-3-5-19-6-4-16/h2-7H2,1H3,(H3,11,12,13,14,15). The summed E-state index contributed by atoms with van der Waals surface area (Å²) < 4.78 is 27.4. The molecule has 0 bridgehead atoms. The molecule has 0 aliphatic carbocycles. The number of sulfone groups is 1. The molecule has 1 saturated heterocycles. The van der Waals surface area contributed by atoms with Crippen molar-refractivity contribution >= 4 is 27.7 Å². The lowest BCUT2D eigenvalue weighted by Gasteiger charge is -2.26. The number of rotatable bonds is 5. The first-order chi connectivity index (χ1) is 9.44. The molecule has 0 saturated carbocycles. The van der Waals surface area contributed by atoms with Gasteiger partial charge < -0.3 is 20.7 Å². The molecule has 2 heterocycles. The molecule has 2 rings (SSSR count). The molecule has 3 N–H and O–H groups in total. The van der Waals surface area contributed by atoms with Gasteiger partial charge in [0.15, 0.2) is 0 Å². The number of aromatic nitrogens is 3. The van der Waals surface area contributed by atoms with E-state index in [1.54, 1.807) is 0 Å². The smallest absolute Gasteiger partial charge is 0.232 e. The van der Waals surface area contributed by atoms with Gasteiger partial charge in [-0.3, -0.25) is 0 Å². The molecule has 9 nitrogen and oxygen atoms in total. The third kappa shape index (κ3) is 4.46. The predicted molar refractivity (Wildman–Crippen MR) is 75.5 cm³/mol. The van der Waals surface area contributed by atoms with Crippen molar-refractivity contribution in [3.63, 3.8) is 0 Å². The van der Waals surface area contributed by atoms with Crippen LogP contribution in [-0.2, 0) is 14.6 Å². The fraction of sp³-hybridized carbons (Fsp3) is 0.700. The molecule has 0 atom stereocenters. The number of anilines is 3. The molecule has 0 amide bonds. The zero-order chi connectivity index (χ0) is 14.6. The summed E-state index contributed by atoms with van der Waals surface area (Å²) in [5.74, 6) is 0.861. The van der Waals surface area contributed by atoms with Crippen molar-refractivity contribution in [1.29, 1.82) is 0 Å². The number of morpholine rings is 1. The van der Waals surface area contributed by atoms with Gasteiger partial charge in [-0.25, -0.2) is 8.42 Å². The fourth-order valence-corrected chi connectivity index (χ4v) is 2.19. The summed E-state index contributed by atoms with van der Waals surface area (Å²) in [5, 5.41) is 2.84. The number of nitrogens with zero attached hydrogens (tertiary/aromatic N) is 4. The van der Waals surface area contributed by atoms with E-state index in [4.69, 9.17) is 10.5 Å². The van der Waals surface area contributed by atoms with Crippen LogP contribution in [-0.4, -0.2) is 68.2 Å². The highest BCUT2D eigenvalue weighted by Gasteiger charge is 2.15. The van der Waals surface area contributed by atoms with E-state index < -0.39 is 9.84 Å². The first-order valence-electron chi connectivity index (χ1n) is 6.20. The Labute approximate surface area is 117 Å². The minimum absolute atomic E-state index is 0.00543. The zero-order valence-electron chi connectivity index (χ0n) is 11.2. The highest BCUT2D eigenvalue weighted by molar-refractivity contribution is 7.90. The first-order valence-corrected chi connectivity index (χ1v) is 8.26. The third-order valence-corrected chi connectivity index (χ3v) is 3.64. The predicted octanol–water partition coefficient (Wildman–Crippen LogP) is -1.25. The van der Waals surface area contributed by atoms with Crippen molar-refractivity contribution in [2.24, 2.45) is 0 Å². The lowest BCUT2D eigenvalue weighted by Crippen LogP contribution is -2.37. The van der Waals surface area contributed by atoms with Gasteiger partial charge in [-0.2, -0.15) is 15.0 Å². The maximum atomic E-state index is 11.1. The van der Waals surface area contributed by atoms with Crippen molar-refractivity contribution < 1.29 is 13.2 Å². The van der Waals surface area contributed by atoms with Gasteiger partial charge >= 0.3 is 0 Å². The van der Waals surface area contributed by atoms with Crippen LogP contribution in [0.5, 0.6) is 0 Å². The largest absolute Gasteiger partial charge is 0.378 e. The molecule has 20 heavy (non-hydrogen) atoms. The van der Waals surface area contributed by atoms with Crippen LogP contribution >= 0.6 is 0 Å². The van der Waals surface area contributed by atoms with Crippen LogP contribution in [0.25, 0.3) is 0 Å². The highest BCUT2D eigenvalue weighted by Crippen LogP contribution is 2.13. The minimum Gasteiger partial charge on any atom is -0.378 e. The lowest BCUT2D eigenvalue weighted by molar-refractivity contribution is 0.122. The summed E-state index contributed by atoms with van der Waals surface area (Å²) in [6.45, 7) is 2.83. The van der Waals surface area contributed by atoms with Crippen LogP contribution in [0.1, 0.15) is 0 Å². The molecular weight excluding hydrogens is 284 g/mol. The average Bonchev–Trinajstić information content (AvgIpc) is 2.37. The van der Waals surface area contributed by atoms with Gasteiger partial charge in [0.1, 0.15) is 9.84 Å². The number of nitrogens with one attached hydrogen (secondary N) is 1. The van der Waals surface area contributed by atoms with Crippen LogP contribution in [0.2, 0.25) is 0 Å². The molecule has 0 radical (unpaired) electrons. The molecule has 1 fully saturated rings. The first kappa shape index (κ1) is 14.7. The molecule has 1 aromatic heterocycles. The van der Waals surface area contributed by atoms with E-state index in [2.05, 4.69) is 20.3 Å². The van der Waals surface area contributed by atoms with Crippen molar-refractivity contribution in [2.45, 2.75) is 0 Å². The number of nitrogens with two attached hydrogens (primary N) is 1. The van der Waals surface area contributed by atoms with Crippen LogP contribution in [0, 0.1) is 0 Å².